The molecule has 0 amide bonds. The maximum absolute atomic E-state index is 14.1. The second kappa shape index (κ2) is 7.22. The van der Waals surface area contributed by atoms with Gasteiger partial charge in [-0.3, -0.25) is 9.59 Å². The minimum Gasteiger partial charge on any atom is -0.480 e. The van der Waals surface area contributed by atoms with Gasteiger partial charge in [-0.2, -0.15) is 0 Å². The summed E-state index contributed by atoms with van der Waals surface area (Å²) in [6.45, 7) is 3.10. The molecule has 0 spiro atoms. The van der Waals surface area contributed by atoms with Gasteiger partial charge in [0, 0.05) is 17.5 Å². The highest BCUT2D eigenvalue weighted by atomic mass is 35.5. The molecular formula is C15H16ClFO4. The van der Waals surface area contributed by atoms with E-state index >= 15 is 0 Å². The maximum atomic E-state index is 14.1. The Morgan fingerprint density at radius 2 is 2.05 bits per heavy atom. The Morgan fingerprint density at radius 1 is 1.43 bits per heavy atom. The molecule has 1 N–H and O–H groups in total. The molecule has 21 heavy (non-hydrogen) atoms. The van der Waals surface area contributed by atoms with Crippen molar-refractivity contribution in [3.05, 3.63) is 46.8 Å². The van der Waals surface area contributed by atoms with Crippen LogP contribution in [-0.2, 0) is 19.7 Å². The van der Waals surface area contributed by atoms with Gasteiger partial charge in [-0.25, -0.2) is 4.39 Å². The second-order valence-corrected chi connectivity index (χ2v) is 4.76. The summed E-state index contributed by atoms with van der Waals surface area (Å²) in [6.07, 6.45) is -0.272. The number of carbonyl (C=O) groups is 2. The standard InChI is InChI=1S/C15H16ClFO4/c1-3-21-14(20)15(13(18)19,8-10(2)9-16)11-6-4-5-7-12(11)17/h4-7,9H,3,8H2,1-2H3,(H,18,19)/b10-9+. The summed E-state index contributed by atoms with van der Waals surface area (Å²) in [5.41, 5.74) is -0.807. The molecule has 1 rings (SSSR count). The molecule has 1 aromatic carbocycles. The van der Waals surface area contributed by atoms with E-state index in [4.69, 9.17) is 16.3 Å². The molecular weight excluding hydrogens is 299 g/mol. The van der Waals surface area contributed by atoms with E-state index in [-0.39, 0.29) is 18.6 Å². The fourth-order valence-electron chi connectivity index (χ4n) is 2.07. The van der Waals surface area contributed by atoms with Crippen molar-refractivity contribution in [2.24, 2.45) is 0 Å². The first-order valence-corrected chi connectivity index (χ1v) is 6.75. The second-order valence-electron chi connectivity index (χ2n) is 4.54. The van der Waals surface area contributed by atoms with Crippen LogP contribution in [0.3, 0.4) is 0 Å². The lowest BCUT2D eigenvalue weighted by atomic mass is 9.75. The zero-order valence-corrected chi connectivity index (χ0v) is 12.5. The van der Waals surface area contributed by atoms with E-state index in [0.717, 1.165) is 11.6 Å². The third-order valence-corrected chi connectivity index (χ3v) is 3.43. The lowest BCUT2D eigenvalue weighted by Crippen LogP contribution is -2.46. The molecule has 0 saturated heterocycles. The normalized spacial score (nSPS) is 14.4. The number of hydrogen-bond acceptors (Lipinski definition) is 3. The number of carbonyl (C=O) groups excluding carboxylic acids is 1. The quantitative estimate of drug-likeness (QED) is 0.646. The molecule has 1 atom stereocenters. The van der Waals surface area contributed by atoms with Gasteiger partial charge < -0.3 is 9.84 Å². The highest BCUT2D eigenvalue weighted by Crippen LogP contribution is 2.35. The predicted molar refractivity (Wildman–Crippen MR) is 76.6 cm³/mol. The van der Waals surface area contributed by atoms with Gasteiger partial charge in [-0.15, -0.1) is 0 Å². The van der Waals surface area contributed by atoms with Gasteiger partial charge in [0.05, 0.1) is 6.61 Å². The Labute approximate surface area is 127 Å². The predicted octanol–water partition coefficient (Wildman–Crippen LogP) is 3.24. The average Bonchev–Trinajstić information content (AvgIpc) is 2.45. The summed E-state index contributed by atoms with van der Waals surface area (Å²) in [4.78, 5) is 24.1. The van der Waals surface area contributed by atoms with Crippen molar-refractivity contribution >= 4 is 23.5 Å². The lowest BCUT2D eigenvalue weighted by molar-refractivity contribution is -0.161. The Bertz CT molecular complexity index is 571. The van der Waals surface area contributed by atoms with Gasteiger partial charge in [0.2, 0.25) is 0 Å². The topological polar surface area (TPSA) is 63.6 Å². The highest BCUT2D eigenvalue weighted by Gasteiger charge is 2.51. The number of rotatable bonds is 6. The van der Waals surface area contributed by atoms with Crippen LogP contribution in [0.25, 0.3) is 0 Å². The Kier molecular flexibility index (Phi) is 5.90. The smallest absolute Gasteiger partial charge is 0.328 e. The van der Waals surface area contributed by atoms with E-state index in [1.807, 2.05) is 0 Å². The Balaban J connectivity index is 3.55. The molecule has 4 nitrogen and oxygen atoms in total. The SMILES string of the molecule is CCOC(=O)C(C/C(C)=C/Cl)(C(=O)O)c1ccccc1F. The summed E-state index contributed by atoms with van der Waals surface area (Å²) in [5, 5.41) is 9.61. The number of esters is 1. The number of halogens is 2. The van der Waals surface area contributed by atoms with Gasteiger partial charge in [0.1, 0.15) is 5.82 Å². The van der Waals surface area contributed by atoms with Crippen LogP contribution in [0.1, 0.15) is 25.8 Å². The van der Waals surface area contributed by atoms with E-state index in [1.165, 1.54) is 18.2 Å². The van der Waals surface area contributed by atoms with Crippen LogP contribution in [0.15, 0.2) is 35.4 Å². The van der Waals surface area contributed by atoms with Crippen molar-refractivity contribution in [3.8, 4) is 0 Å². The van der Waals surface area contributed by atoms with Crippen LogP contribution in [0.5, 0.6) is 0 Å². The molecule has 0 saturated carbocycles. The number of benzene rings is 1. The molecule has 0 bridgehead atoms. The first kappa shape index (κ1) is 17.2. The zero-order valence-electron chi connectivity index (χ0n) is 11.7. The third kappa shape index (κ3) is 3.42. The highest BCUT2D eigenvalue weighted by molar-refractivity contribution is 6.25. The Morgan fingerprint density at radius 3 is 2.52 bits per heavy atom. The van der Waals surface area contributed by atoms with Crippen LogP contribution < -0.4 is 0 Å². The van der Waals surface area contributed by atoms with Gasteiger partial charge in [0.15, 0.2) is 5.41 Å². The molecule has 1 unspecified atom stereocenters. The number of allylic oxidation sites excluding steroid dienone is 1. The molecule has 114 valence electrons. The molecule has 0 heterocycles. The van der Waals surface area contributed by atoms with Crippen LogP contribution in [-0.4, -0.2) is 23.7 Å². The number of aliphatic carboxylic acids is 1. The van der Waals surface area contributed by atoms with Crippen molar-refractivity contribution in [3.63, 3.8) is 0 Å². The van der Waals surface area contributed by atoms with Crippen molar-refractivity contribution in [1.82, 2.24) is 0 Å². The molecule has 0 aromatic heterocycles. The summed E-state index contributed by atoms with van der Waals surface area (Å²) in [7, 11) is 0. The first-order valence-electron chi connectivity index (χ1n) is 6.31. The van der Waals surface area contributed by atoms with E-state index in [0.29, 0.717) is 5.57 Å². The molecule has 0 radical (unpaired) electrons. The monoisotopic (exact) mass is 314 g/mol. The number of hydrogen-bond donors (Lipinski definition) is 1. The van der Waals surface area contributed by atoms with E-state index in [1.54, 1.807) is 13.8 Å². The average molecular weight is 315 g/mol. The summed E-state index contributed by atoms with van der Waals surface area (Å²) in [5.74, 6) is -3.28. The van der Waals surface area contributed by atoms with Gasteiger partial charge in [-0.05, 0) is 19.9 Å². The van der Waals surface area contributed by atoms with Crippen LogP contribution in [0, 0.1) is 5.82 Å². The fraction of sp³-hybridized carbons (Fsp3) is 0.333. The molecule has 0 aliphatic rings. The number of carboxylic acids is 1. The summed E-state index contributed by atoms with van der Waals surface area (Å²) in [6, 6.07) is 5.25. The van der Waals surface area contributed by atoms with Crippen molar-refractivity contribution in [2.45, 2.75) is 25.7 Å². The molecule has 0 fully saturated rings. The lowest BCUT2D eigenvalue weighted by Gasteiger charge is -2.28. The van der Waals surface area contributed by atoms with Gasteiger partial charge in [0.25, 0.3) is 0 Å². The van der Waals surface area contributed by atoms with Crippen molar-refractivity contribution in [2.75, 3.05) is 6.61 Å². The Hall–Kier alpha value is -1.88. The molecule has 0 aliphatic heterocycles. The van der Waals surface area contributed by atoms with Crippen LogP contribution in [0.4, 0.5) is 4.39 Å². The zero-order chi connectivity index (χ0) is 16.0. The van der Waals surface area contributed by atoms with Crippen LogP contribution >= 0.6 is 11.6 Å². The fourth-order valence-corrected chi connectivity index (χ4v) is 2.15. The van der Waals surface area contributed by atoms with Crippen molar-refractivity contribution < 1.29 is 23.8 Å². The van der Waals surface area contributed by atoms with E-state index in [2.05, 4.69) is 0 Å². The minimum absolute atomic E-state index is 0.00798. The molecule has 0 aliphatic carbocycles. The maximum Gasteiger partial charge on any atom is 0.328 e. The minimum atomic E-state index is -2.16. The molecule has 6 heteroatoms. The summed E-state index contributed by atoms with van der Waals surface area (Å²) >= 11 is 5.57. The largest absolute Gasteiger partial charge is 0.480 e. The van der Waals surface area contributed by atoms with E-state index < -0.39 is 23.2 Å². The summed E-state index contributed by atoms with van der Waals surface area (Å²) < 4.78 is 18.9. The number of ether oxygens (including phenoxy) is 1. The van der Waals surface area contributed by atoms with Crippen molar-refractivity contribution in [1.29, 1.82) is 0 Å². The molecule has 1 aromatic rings. The van der Waals surface area contributed by atoms with E-state index in [9.17, 15) is 19.1 Å². The van der Waals surface area contributed by atoms with Gasteiger partial charge >= 0.3 is 11.9 Å². The van der Waals surface area contributed by atoms with Crippen LogP contribution in [0.2, 0.25) is 0 Å². The third-order valence-electron chi connectivity index (χ3n) is 3.05. The number of carboxylic acid groups (broad SMARTS) is 1. The first-order chi connectivity index (χ1) is 9.90. The van der Waals surface area contributed by atoms with Gasteiger partial charge in [-0.1, -0.05) is 35.4 Å².